The lowest BCUT2D eigenvalue weighted by molar-refractivity contribution is -0.287. The minimum absolute atomic E-state index is 0.0970. The van der Waals surface area contributed by atoms with Crippen LogP contribution in [0.1, 0.15) is 115 Å². The van der Waals surface area contributed by atoms with Gasteiger partial charge in [0.1, 0.15) is 12.7 Å². The largest absolute Gasteiger partial charge is 0.462 e. The second-order valence-electron chi connectivity index (χ2n) is 18.7. The molecule has 11 heteroatoms. The molecular weight excluding hydrogens is 688 g/mol. The molecule has 6 atom stereocenters. The third kappa shape index (κ3) is 10.3. The van der Waals surface area contributed by atoms with Crippen molar-refractivity contribution in [1.29, 1.82) is 0 Å². The fourth-order valence-electron chi connectivity index (χ4n) is 6.29. The molecule has 0 amide bonds. The van der Waals surface area contributed by atoms with Crippen LogP contribution >= 0.6 is 0 Å². The molecule has 298 valence electrons. The van der Waals surface area contributed by atoms with E-state index in [1.54, 1.807) is 89.3 Å². The highest BCUT2D eigenvalue weighted by Gasteiger charge is 2.56. The Hall–Kier alpha value is -3.83. The van der Waals surface area contributed by atoms with Gasteiger partial charge in [-0.2, -0.15) is 0 Å². The first-order valence-corrected chi connectivity index (χ1v) is 19.2. The van der Waals surface area contributed by atoms with E-state index in [0.29, 0.717) is 13.0 Å². The summed E-state index contributed by atoms with van der Waals surface area (Å²) in [5.74, 6) is -2.19. The number of pyridine rings is 1. The van der Waals surface area contributed by atoms with Crippen molar-refractivity contribution in [3.63, 3.8) is 0 Å². The molecule has 2 aliphatic heterocycles. The van der Waals surface area contributed by atoms with Gasteiger partial charge in [-0.25, -0.2) is 0 Å². The molecular formula is C43H62N2O9. The van der Waals surface area contributed by atoms with Crippen molar-refractivity contribution >= 4 is 40.4 Å². The maximum absolute atomic E-state index is 13.8. The van der Waals surface area contributed by atoms with Crippen molar-refractivity contribution in [3.8, 4) is 0 Å². The molecule has 2 aromatic rings. The Labute approximate surface area is 321 Å². The molecule has 0 spiro atoms. The van der Waals surface area contributed by atoms with Crippen molar-refractivity contribution in [2.75, 3.05) is 13.2 Å². The first kappa shape index (κ1) is 42.9. The van der Waals surface area contributed by atoms with Gasteiger partial charge in [0, 0.05) is 29.7 Å². The molecule has 1 saturated heterocycles. The summed E-state index contributed by atoms with van der Waals surface area (Å²) in [6.07, 6.45) is 0.332. The molecule has 11 nitrogen and oxygen atoms in total. The number of rotatable bonds is 9. The summed E-state index contributed by atoms with van der Waals surface area (Å²) in [4.78, 5) is 61.2. The average molecular weight is 751 g/mol. The van der Waals surface area contributed by atoms with Gasteiger partial charge in [-0.15, -0.1) is 0 Å². The lowest BCUT2D eigenvalue weighted by Gasteiger charge is -2.51. The Morgan fingerprint density at radius 1 is 0.741 bits per heavy atom. The minimum atomic E-state index is -1.30. The maximum atomic E-state index is 13.8. The van der Waals surface area contributed by atoms with Crippen molar-refractivity contribution in [1.82, 2.24) is 9.88 Å². The molecule has 1 fully saturated rings. The number of esters is 4. The fraction of sp³-hybridized carbons (Fsp3) is 0.651. The van der Waals surface area contributed by atoms with E-state index in [1.165, 1.54) is 0 Å². The lowest BCUT2D eigenvalue weighted by Crippen LogP contribution is -2.68. The first-order chi connectivity index (χ1) is 24.9. The summed E-state index contributed by atoms with van der Waals surface area (Å²) in [5.41, 5.74) is -0.567. The van der Waals surface area contributed by atoms with Gasteiger partial charge in [-0.1, -0.05) is 43.7 Å². The van der Waals surface area contributed by atoms with Crippen LogP contribution < -0.4 is 0 Å². The number of carbonyl (C=O) groups excluding carboxylic acids is 4. The zero-order valence-corrected chi connectivity index (χ0v) is 34.6. The van der Waals surface area contributed by atoms with Crippen molar-refractivity contribution in [3.05, 3.63) is 48.2 Å². The second-order valence-corrected chi connectivity index (χ2v) is 18.7. The highest BCUT2D eigenvalue weighted by Crippen LogP contribution is 2.39. The summed E-state index contributed by atoms with van der Waals surface area (Å²) in [6.45, 7) is 22.9. The Morgan fingerprint density at radius 3 is 1.83 bits per heavy atom. The number of aromatic nitrogens is 1. The molecule has 3 heterocycles. The van der Waals surface area contributed by atoms with Crippen LogP contribution in [-0.2, 0) is 42.9 Å². The number of benzene rings is 1. The summed E-state index contributed by atoms with van der Waals surface area (Å²) in [6, 6.07) is 10.0. The standard InChI is InChI=1S/C43H62N2O9/c1-14-17-28-24-27(29-20-15-18-26-19-16-22-44-31(26)29)21-23-45(28)35-34(54-39(49)43(11,12)13)33(53-38(48)42(8,9)10)32(52-37(47)41(5,6)7)30(51-35)25-50-36(46)40(2,3)4/h15-16,18-22,28,30,32-35H,14,17,23-25H2,1-13H3/t28-,30-,32+,33+,34-,35-/m1/s1. The van der Waals surface area contributed by atoms with E-state index in [-0.39, 0.29) is 12.6 Å². The van der Waals surface area contributed by atoms with Gasteiger partial charge in [0.25, 0.3) is 0 Å². The summed E-state index contributed by atoms with van der Waals surface area (Å²) >= 11 is 0. The smallest absolute Gasteiger partial charge is 0.311 e. The topological polar surface area (TPSA) is 131 Å². The number of para-hydroxylation sites is 1. The van der Waals surface area contributed by atoms with E-state index in [2.05, 4.69) is 24.0 Å². The zero-order chi connectivity index (χ0) is 40.4. The zero-order valence-electron chi connectivity index (χ0n) is 34.6. The van der Waals surface area contributed by atoms with Gasteiger partial charge in [-0.3, -0.25) is 29.1 Å². The third-order valence-corrected chi connectivity index (χ3v) is 9.57. The SMILES string of the molecule is CCC[C@@H]1CC(c2cccc3cccnc23)=CCN1[C@@H]1O[C@H](COC(=O)C(C)(C)C)[C@H](OC(=O)C(C)(C)C)[C@H](OC(=O)C(C)(C)C)[C@H]1OC(=O)C(C)(C)C. The van der Waals surface area contributed by atoms with E-state index in [9.17, 15) is 19.2 Å². The number of fused-ring (bicyclic) bond motifs is 1. The van der Waals surface area contributed by atoms with Gasteiger partial charge in [0.15, 0.2) is 24.5 Å². The van der Waals surface area contributed by atoms with E-state index in [4.69, 9.17) is 28.7 Å². The van der Waals surface area contributed by atoms with Gasteiger partial charge >= 0.3 is 23.9 Å². The van der Waals surface area contributed by atoms with E-state index >= 15 is 0 Å². The highest BCUT2D eigenvalue weighted by molar-refractivity contribution is 5.91. The molecule has 2 aliphatic rings. The van der Waals surface area contributed by atoms with Crippen LogP contribution in [0.4, 0.5) is 0 Å². The van der Waals surface area contributed by atoms with Crippen LogP contribution in [0, 0.1) is 21.7 Å². The van der Waals surface area contributed by atoms with Crippen molar-refractivity contribution in [2.24, 2.45) is 21.7 Å². The van der Waals surface area contributed by atoms with Gasteiger partial charge in [-0.05, 0) is 108 Å². The fourth-order valence-corrected chi connectivity index (χ4v) is 6.29. The number of nitrogens with zero attached hydrogens (tertiary/aromatic N) is 2. The lowest BCUT2D eigenvalue weighted by atomic mass is 9.88. The molecule has 0 bridgehead atoms. The second kappa shape index (κ2) is 16.5. The number of hydrogen-bond donors (Lipinski definition) is 0. The van der Waals surface area contributed by atoms with Gasteiger partial charge in [0.05, 0.1) is 27.2 Å². The van der Waals surface area contributed by atoms with Gasteiger partial charge in [0.2, 0.25) is 0 Å². The van der Waals surface area contributed by atoms with Crippen LogP contribution in [0.25, 0.3) is 16.5 Å². The average Bonchev–Trinajstić information content (AvgIpc) is 3.07. The Bertz CT molecular complexity index is 1700. The molecule has 0 unspecified atom stereocenters. The van der Waals surface area contributed by atoms with Gasteiger partial charge < -0.3 is 23.7 Å². The van der Waals surface area contributed by atoms with Crippen LogP contribution in [0.15, 0.2) is 42.6 Å². The van der Waals surface area contributed by atoms with Crippen molar-refractivity contribution in [2.45, 2.75) is 146 Å². The van der Waals surface area contributed by atoms with E-state index < -0.39 is 76.2 Å². The molecule has 0 saturated carbocycles. The normalized spacial score (nSPS) is 24.4. The molecule has 0 N–H and O–H groups in total. The maximum Gasteiger partial charge on any atom is 0.311 e. The summed E-state index contributed by atoms with van der Waals surface area (Å²) < 4.78 is 31.5. The number of carbonyl (C=O) groups is 4. The summed E-state index contributed by atoms with van der Waals surface area (Å²) in [5, 5.41) is 1.04. The first-order valence-electron chi connectivity index (χ1n) is 19.2. The number of hydrogen-bond acceptors (Lipinski definition) is 11. The van der Waals surface area contributed by atoms with Crippen LogP contribution in [0.2, 0.25) is 0 Å². The predicted octanol–water partition coefficient (Wildman–Crippen LogP) is 7.68. The molecule has 0 radical (unpaired) electrons. The summed E-state index contributed by atoms with van der Waals surface area (Å²) in [7, 11) is 0. The molecule has 1 aromatic heterocycles. The minimum Gasteiger partial charge on any atom is -0.462 e. The molecule has 0 aliphatic carbocycles. The quantitative estimate of drug-likeness (QED) is 0.185. The monoisotopic (exact) mass is 750 g/mol. The van der Waals surface area contributed by atoms with Crippen LogP contribution in [-0.4, -0.2) is 83.6 Å². The van der Waals surface area contributed by atoms with Crippen molar-refractivity contribution < 1.29 is 42.9 Å². The highest BCUT2D eigenvalue weighted by atomic mass is 16.7. The van der Waals surface area contributed by atoms with Crippen LogP contribution in [0.5, 0.6) is 0 Å². The van der Waals surface area contributed by atoms with Crippen LogP contribution in [0.3, 0.4) is 0 Å². The molecule has 1 aromatic carbocycles. The third-order valence-electron chi connectivity index (χ3n) is 9.57. The molecule has 54 heavy (non-hydrogen) atoms. The Kier molecular flexibility index (Phi) is 13.1. The van der Waals surface area contributed by atoms with E-state index in [0.717, 1.165) is 34.9 Å². The molecule has 4 rings (SSSR count). The number of ether oxygens (including phenoxy) is 5. The Balaban J connectivity index is 1.89. The van der Waals surface area contributed by atoms with E-state index in [1.807, 2.05) is 24.3 Å². The Morgan fingerprint density at radius 2 is 1.28 bits per heavy atom. The predicted molar refractivity (Wildman–Crippen MR) is 207 cm³/mol.